The number of rotatable bonds is 4. The number of furan rings is 2. The van der Waals surface area contributed by atoms with Crippen molar-refractivity contribution in [1.82, 2.24) is 4.57 Å². The Morgan fingerprint density at radius 3 is 2.12 bits per heavy atom. The molecule has 0 fully saturated rings. The van der Waals surface area contributed by atoms with Crippen LogP contribution in [-0.4, -0.2) is 4.57 Å². The zero-order valence-corrected chi connectivity index (χ0v) is 27.1. The summed E-state index contributed by atoms with van der Waals surface area (Å²) in [6.07, 6.45) is 4.15. The van der Waals surface area contributed by atoms with Crippen LogP contribution in [-0.2, 0) is 6.42 Å². The molecule has 0 atom stereocenters. The molecule has 3 heterocycles. The highest BCUT2D eigenvalue weighted by Gasteiger charge is 2.28. The molecule has 0 saturated heterocycles. The number of para-hydroxylation sites is 3. The third-order valence-electron chi connectivity index (χ3n) is 10.4. The molecule has 0 N–H and O–H groups in total. The first-order valence-electron chi connectivity index (χ1n) is 17.2. The maximum atomic E-state index is 6.51. The molecule has 3 aromatic heterocycles. The molecule has 0 unspecified atom stereocenters. The van der Waals surface area contributed by atoms with Crippen molar-refractivity contribution in [3.05, 3.63) is 169 Å². The molecule has 50 heavy (non-hydrogen) atoms. The molecule has 236 valence electrons. The van der Waals surface area contributed by atoms with Gasteiger partial charge in [0.05, 0.1) is 16.7 Å². The SMILES string of the molecule is C1=C(N(c2ccc3oc4ccc5ccccc5c4c3c2)c2ccc3c4ccccc4n(-c4ccccc4)c3c2)c2c(oc3ccccc23)CC1. The molecule has 0 radical (unpaired) electrons. The third kappa shape index (κ3) is 3.93. The fourth-order valence-corrected chi connectivity index (χ4v) is 8.25. The summed E-state index contributed by atoms with van der Waals surface area (Å²) in [5.41, 5.74) is 10.6. The van der Waals surface area contributed by atoms with Gasteiger partial charge in [-0.05, 0) is 77.9 Å². The van der Waals surface area contributed by atoms with Crippen LogP contribution in [0.3, 0.4) is 0 Å². The van der Waals surface area contributed by atoms with Gasteiger partial charge in [-0.15, -0.1) is 0 Å². The lowest BCUT2D eigenvalue weighted by Crippen LogP contribution is -2.18. The van der Waals surface area contributed by atoms with Gasteiger partial charge in [-0.1, -0.05) is 97.1 Å². The monoisotopic (exact) mass is 642 g/mol. The molecule has 1 aliphatic carbocycles. The summed E-state index contributed by atoms with van der Waals surface area (Å²) < 4.78 is 15.3. The number of aromatic nitrogens is 1. The second kappa shape index (κ2) is 10.5. The zero-order chi connectivity index (χ0) is 32.8. The molecule has 10 aromatic rings. The van der Waals surface area contributed by atoms with Crippen LogP contribution in [0.15, 0.2) is 167 Å². The van der Waals surface area contributed by atoms with Crippen molar-refractivity contribution >= 4 is 82.6 Å². The largest absolute Gasteiger partial charge is 0.460 e. The van der Waals surface area contributed by atoms with E-state index in [2.05, 4.69) is 167 Å². The number of nitrogens with zero attached hydrogens (tertiary/aromatic N) is 2. The minimum absolute atomic E-state index is 0.875. The van der Waals surface area contributed by atoms with E-state index in [1.165, 1.54) is 27.1 Å². The van der Waals surface area contributed by atoms with Crippen molar-refractivity contribution in [2.24, 2.45) is 0 Å². The van der Waals surface area contributed by atoms with Gasteiger partial charge >= 0.3 is 0 Å². The van der Waals surface area contributed by atoms with Crippen LogP contribution in [0.4, 0.5) is 11.4 Å². The number of fused-ring (bicyclic) bond motifs is 11. The van der Waals surface area contributed by atoms with Crippen molar-refractivity contribution < 1.29 is 8.83 Å². The molecule has 7 aromatic carbocycles. The van der Waals surface area contributed by atoms with Crippen LogP contribution in [0.25, 0.3) is 76.9 Å². The average Bonchev–Trinajstić information content (AvgIpc) is 3.85. The molecule has 0 spiro atoms. The maximum absolute atomic E-state index is 6.51. The van der Waals surface area contributed by atoms with Gasteiger partial charge in [-0.25, -0.2) is 0 Å². The molecular formula is C46H30N2O2. The lowest BCUT2D eigenvalue weighted by Gasteiger charge is -2.30. The van der Waals surface area contributed by atoms with Gasteiger partial charge in [0.25, 0.3) is 0 Å². The van der Waals surface area contributed by atoms with E-state index in [-0.39, 0.29) is 0 Å². The predicted octanol–water partition coefficient (Wildman–Crippen LogP) is 12.7. The Balaban J connectivity index is 1.21. The number of hydrogen-bond donors (Lipinski definition) is 0. The summed E-state index contributed by atoms with van der Waals surface area (Å²) in [5, 5.41) is 8.25. The lowest BCUT2D eigenvalue weighted by molar-refractivity contribution is 0.545. The Bertz CT molecular complexity index is 2990. The van der Waals surface area contributed by atoms with Crippen molar-refractivity contribution in [1.29, 1.82) is 0 Å². The first-order valence-corrected chi connectivity index (χ1v) is 17.2. The smallest absolute Gasteiger partial charge is 0.136 e. The Morgan fingerprint density at radius 2 is 1.20 bits per heavy atom. The molecular weight excluding hydrogens is 613 g/mol. The normalized spacial score (nSPS) is 13.2. The van der Waals surface area contributed by atoms with E-state index in [0.29, 0.717) is 0 Å². The molecule has 4 heteroatoms. The third-order valence-corrected chi connectivity index (χ3v) is 10.4. The molecule has 1 aliphatic rings. The summed E-state index contributed by atoms with van der Waals surface area (Å²) in [4.78, 5) is 2.43. The van der Waals surface area contributed by atoms with Crippen molar-refractivity contribution in [3.63, 3.8) is 0 Å². The van der Waals surface area contributed by atoms with E-state index in [1.807, 2.05) is 0 Å². The Morgan fingerprint density at radius 1 is 0.500 bits per heavy atom. The van der Waals surface area contributed by atoms with Gasteiger partial charge in [0, 0.05) is 56.0 Å². The molecule has 4 nitrogen and oxygen atoms in total. The highest BCUT2D eigenvalue weighted by molar-refractivity contribution is 6.19. The average molecular weight is 643 g/mol. The van der Waals surface area contributed by atoms with Crippen LogP contribution < -0.4 is 4.90 Å². The molecule has 0 saturated carbocycles. The standard InChI is InChI=1S/C46H30N2O2/c1-2-12-30(13-3-1)48-38-17-8-6-15-34(38)35-24-22-32(28-40(35)48)47(39-18-10-20-43-46(39)36-16-7-9-19-41(36)49-43)31-23-26-42-37(27-31)45-33-14-5-4-11-29(33)21-25-44(45)50-42/h1-9,11-19,21-28H,10,20H2. The highest BCUT2D eigenvalue weighted by Crippen LogP contribution is 2.46. The van der Waals surface area contributed by atoms with E-state index in [9.17, 15) is 0 Å². The molecule has 0 bridgehead atoms. The summed E-state index contributed by atoms with van der Waals surface area (Å²) in [5.74, 6) is 1.04. The van der Waals surface area contributed by atoms with Crippen molar-refractivity contribution in [2.75, 3.05) is 4.90 Å². The van der Waals surface area contributed by atoms with E-state index in [1.54, 1.807) is 0 Å². The minimum Gasteiger partial charge on any atom is -0.460 e. The number of aryl methyl sites for hydroxylation is 1. The Hall–Kier alpha value is -6.52. The lowest BCUT2D eigenvalue weighted by atomic mass is 9.96. The maximum Gasteiger partial charge on any atom is 0.136 e. The first-order chi connectivity index (χ1) is 24.8. The highest BCUT2D eigenvalue weighted by atomic mass is 16.3. The van der Waals surface area contributed by atoms with Crippen LogP contribution >= 0.6 is 0 Å². The van der Waals surface area contributed by atoms with Gasteiger partial charge in [-0.2, -0.15) is 0 Å². The Kier molecular flexibility index (Phi) is 5.75. The second-order valence-electron chi connectivity index (χ2n) is 13.2. The first kappa shape index (κ1) is 27.4. The van der Waals surface area contributed by atoms with E-state index >= 15 is 0 Å². The van der Waals surface area contributed by atoms with Gasteiger partial charge in [0.15, 0.2) is 0 Å². The van der Waals surface area contributed by atoms with Crippen molar-refractivity contribution in [2.45, 2.75) is 12.8 Å². The van der Waals surface area contributed by atoms with E-state index in [4.69, 9.17) is 8.83 Å². The summed E-state index contributed by atoms with van der Waals surface area (Å²) in [6, 6.07) is 54.1. The summed E-state index contributed by atoms with van der Waals surface area (Å²) >= 11 is 0. The second-order valence-corrected chi connectivity index (χ2v) is 13.2. The van der Waals surface area contributed by atoms with Gasteiger partial charge in [0.1, 0.15) is 22.5 Å². The Labute approximate surface area is 287 Å². The quantitative estimate of drug-likeness (QED) is 0.192. The number of hydrogen-bond acceptors (Lipinski definition) is 3. The number of allylic oxidation sites excluding steroid dienone is 1. The van der Waals surface area contributed by atoms with Crippen LogP contribution in [0.1, 0.15) is 17.7 Å². The topological polar surface area (TPSA) is 34.5 Å². The fraction of sp³-hybridized carbons (Fsp3) is 0.0435. The van der Waals surface area contributed by atoms with E-state index in [0.717, 1.165) is 85.3 Å². The van der Waals surface area contributed by atoms with Gasteiger partial charge in [-0.3, -0.25) is 0 Å². The van der Waals surface area contributed by atoms with Gasteiger partial charge < -0.3 is 18.3 Å². The van der Waals surface area contributed by atoms with Gasteiger partial charge in [0.2, 0.25) is 0 Å². The van der Waals surface area contributed by atoms with Crippen molar-refractivity contribution in [3.8, 4) is 5.69 Å². The predicted molar refractivity (Wildman–Crippen MR) is 207 cm³/mol. The summed E-state index contributed by atoms with van der Waals surface area (Å²) in [6.45, 7) is 0. The molecule has 11 rings (SSSR count). The fourth-order valence-electron chi connectivity index (χ4n) is 8.25. The van der Waals surface area contributed by atoms with Crippen LogP contribution in [0, 0.1) is 0 Å². The molecule has 0 aliphatic heterocycles. The van der Waals surface area contributed by atoms with Crippen LogP contribution in [0.5, 0.6) is 0 Å². The molecule has 0 amide bonds. The van der Waals surface area contributed by atoms with E-state index < -0.39 is 0 Å². The van der Waals surface area contributed by atoms with Crippen LogP contribution in [0.2, 0.25) is 0 Å². The minimum atomic E-state index is 0.875. The number of anilines is 2. The summed E-state index contributed by atoms with van der Waals surface area (Å²) in [7, 11) is 0. The zero-order valence-electron chi connectivity index (χ0n) is 27.1. The number of benzene rings is 7.